The minimum Gasteiger partial charge on any atom is -0.453 e. The van der Waals surface area contributed by atoms with Gasteiger partial charge in [-0.1, -0.05) is 0 Å². The Balaban J connectivity index is 1.98. The number of hydrogen-bond acceptors (Lipinski definition) is 3. The van der Waals surface area contributed by atoms with Crippen molar-refractivity contribution in [1.82, 2.24) is 0 Å². The van der Waals surface area contributed by atoms with E-state index in [1.165, 1.54) is 12.1 Å². The lowest BCUT2D eigenvalue weighted by molar-refractivity contribution is -0.0180. The van der Waals surface area contributed by atoms with Gasteiger partial charge in [-0.3, -0.25) is 4.79 Å². The van der Waals surface area contributed by atoms with Crippen LogP contribution < -0.4 is 0 Å². The molecule has 0 radical (unpaired) electrons. The number of fused-ring (bicyclic) bond motifs is 1. The summed E-state index contributed by atoms with van der Waals surface area (Å²) in [5.74, 6) is -0.188. The summed E-state index contributed by atoms with van der Waals surface area (Å²) < 4.78 is 24.5. The largest absolute Gasteiger partial charge is 0.453 e. The third-order valence-electron chi connectivity index (χ3n) is 3.95. The number of ether oxygens (including phenoxy) is 1. The van der Waals surface area contributed by atoms with Crippen molar-refractivity contribution in [2.45, 2.75) is 38.2 Å². The van der Waals surface area contributed by atoms with Gasteiger partial charge < -0.3 is 9.15 Å². The molecule has 0 amide bonds. The van der Waals surface area contributed by atoms with Crippen LogP contribution in [0.2, 0.25) is 0 Å². The molecule has 1 fully saturated rings. The maximum absolute atomic E-state index is 13.2. The molecule has 4 heteroatoms. The summed E-state index contributed by atoms with van der Waals surface area (Å²) in [6.07, 6.45) is 3.43. The summed E-state index contributed by atoms with van der Waals surface area (Å²) in [5, 5.41) is 0.609. The molecule has 106 valence electrons. The van der Waals surface area contributed by atoms with Crippen molar-refractivity contribution in [1.29, 1.82) is 0 Å². The molecular formula is C16H17FO3. The van der Waals surface area contributed by atoms with Crippen LogP contribution in [0.15, 0.2) is 28.7 Å². The van der Waals surface area contributed by atoms with Crippen LogP contribution in [0, 0.1) is 5.82 Å². The summed E-state index contributed by atoms with van der Waals surface area (Å²) in [4.78, 5) is 12.7. The molecule has 0 N–H and O–H groups in total. The van der Waals surface area contributed by atoms with E-state index in [0.29, 0.717) is 17.6 Å². The van der Waals surface area contributed by atoms with E-state index < -0.39 is 5.60 Å². The Hall–Kier alpha value is -1.68. The Labute approximate surface area is 116 Å². The van der Waals surface area contributed by atoms with E-state index in [9.17, 15) is 9.18 Å². The number of furan rings is 1. The second-order valence-corrected chi connectivity index (χ2v) is 5.26. The first kappa shape index (κ1) is 13.3. The fraction of sp³-hybridized carbons (Fsp3) is 0.438. The molecule has 0 aliphatic heterocycles. The summed E-state index contributed by atoms with van der Waals surface area (Å²) in [7, 11) is 0. The molecule has 1 aliphatic carbocycles. The SMILES string of the molecule is CCOC1(C(=O)c2cc3cc(F)ccc3o2)CCCC1. The highest BCUT2D eigenvalue weighted by molar-refractivity contribution is 6.03. The molecule has 1 saturated carbocycles. The van der Waals surface area contributed by atoms with Crippen LogP contribution >= 0.6 is 0 Å². The second kappa shape index (κ2) is 5.02. The zero-order chi connectivity index (χ0) is 14.2. The Kier molecular flexibility index (Phi) is 3.34. The Morgan fingerprint density at radius 2 is 2.10 bits per heavy atom. The lowest BCUT2D eigenvalue weighted by Gasteiger charge is -2.26. The second-order valence-electron chi connectivity index (χ2n) is 5.26. The smallest absolute Gasteiger partial charge is 0.229 e. The third-order valence-corrected chi connectivity index (χ3v) is 3.95. The molecule has 0 spiro atoms. The fourth-order valence-electron chi connectivity index (χ4n) is 3.01. The molecule has 1 aliphatic rings. The van der Waals surface area contributed by atoms with Crippen LogP contribution in [-0.4, -0.2) is 18.0 Å². The van der Waals surface area contributed by atoms with Crippen LogP contribution in [0.3, 0.4) is 0 Å². The molecule has 1 aromatic carbocycles. The van der Waals surface area contributed by atoms with Gasteiger partial charge in [0.15, 0.2) is 5.76 Å². The summed E-state index contributed by atoms with van der Waals surface area (Å²) >= 11 is 0. The molecule has 1 heterocycles. The van der Waals surface area contributed by atoms with Crippen molar-refractivity contribution in [3.05, 3.63) is 35.8 Å². The van der Waals surface area contributed by atoms with Crippen molar-refractivity contribution in [3.63, 3.8) is 0 Å². The van der Waals surface area contributed by atoms with Gasteiger partial charge >= 0.3 is 0 Å². The van der Waals surface area contributed by atoms with Gasteiger partial charge in [0.25, 0.3) is 0 Å². The predicted octanol–water partition coefficient (Wildman–Crippen LogP) is 4.10. The van der Waals surface area contributed by atoms with E-state index in [4.69, 9.17) is 9.15 Å². The fourth-order valence-corrected chi connectivity index (χ4v) is 3.01. The highest BCUT2D eigenvalue weighted by Crippen LogP contribution is 2.37. The standard InChI is InChI=1S/C16H17FO3/c1-2-19-16(7-3-4-8-16)15(18)14-10-11-9-12(17)5-6-13(11)20-14/h5-6,9-10H,2-4,7-8H2,1H3. The van der Waals surface area contributed by atoms with Gasteiger partial charge in [-0.05, 0) is 56.9 Å². The highest BCUT2D eigenvalue weighted by Gasteiger charge is 2.43. The van der Waals surface area contributed by atoms with Crippen molar-refractivity contribution in [2.24, 2.45) is 0 Å². The monoisotopic (exact) mass is 276 g/mol. The van der Waals surface area contributed by atoms with Crippen molar-refractivity contribution in [3.8, 4) is 0 Å². The topological polar surface area (TPSA) is 39.4 Å². The Morgan fingerprint density at radius 1 is 1.35 bits per heavy atom. The van der Waals surface area contributed by atoms with Gasteiger partial charge in [0.2, 0.25) is 5.78 Å². The molecule has 1 aromatic heterocycles. The number of halogens is 1. The number of carbonyl (C=O) groups excluding carboxylic acids is 1. The zero-order valence-electron chi connectivity index (χ0n) is 11.4. The minimum absolute atomic E-state index is 0.117. The van der Waals surface area contributed by atoms with Crippen molar-refractivity contribution in [2.75, 3.05) is 6.61 Å². The van der Waals surface area contributed by atoms with E-state index in [2.05, 4.69) is 0 Å². The van der Waals surface area contributed by atoms with Gasteiger partial charge in [0.05, 0.1) is 0 Å². The van der Waals surface area contributed by atoms with Crippen LogP contribution in [0.25, 0.3) is 11.0 Å². The summed E-state index contributed by atoms with van der Waals surface area (Å²) in [6, 6.07) is 5.86. The third kappa shape index (κ3) is 2.14. The molecule has 2 aromatic rings. The van der Waals surface area contributed by atoms with E-state index in [1.54, 1.807) is 12.1 Å². The van der Waals surface area contributed by atoms with Crippen molar-refractivity contribution < 1.29 is 18.3 Å². The Bertz CT molecular complexity index is 638. The number of hydrogen-bond donors (Lipinski definition) is 0. The number of Topliss-reactive ketones (excluding diaryl/α,β-unsaturated/α-hetero) is 1. The average molecular weight is 276 g/mol. The first-order valence-corrected chi connectivity index (χ1v) is 7.02. The maximum Gasteiger partial charge on any atom is 0.229 e. The Morgan fingerprint density at radius 3 is 2.80 bits per heavy atom. The lowest BCUT2D eigenvalue weighted by atomic mass is 9.94. The first-order chi connectivity index (χ1) is 9.64. The zero-order valence-corrected chi connectivity index (χ0v) is 11.4. The molecule has 3 nitrogen and oxygen atoms in total. The predicted molar refractivity (Wildman–Crippen MR) is 73.3 cm³/mol. The van der Waals surface area contributed by atoms with Crippen LogP contribution in [-0.2, 0) is 4.74 Å². The molecule has 0 saturated heterocycles. The van der Waals surface area contributed by atoms with Gasteiger partial charge in [-0.2, -0.15) is 0 Å². The lowest BCUT2D eigenvalue weighted by Crippen LogP contribution is -2.38. The summed E-state index contributed by atoms with van der Waals surface area (Å²) in [5.41, 5.74) is -0.222. The van der Waals surface area contributed by atoms with Gasteiger partial charge in [-0.25, -0.2) is 4.39 Å². The van der Waals surface area contributed by atoms with Crippen LogP contribution in [0.1, 0.15) is 43.2 Å². The van der Waals surface area contributed by atoms with Crippen molar-refractivity contribution >= 4 is 16.8 Å². The number of rotatable bonds is 4. The number of ketones is 1. The van der Waals surface area contributed by atoms with E-state index in [1.807, 2.05) is 6.92 Å². The van der Waals surface area contributed by atoms with Gasteiger partial charge in [0, 0.05) is 12.0 Å². The van der Waals surface area contributed by atoms with Crippen LogP contribution in [0.5, 0.6) is 0 Å². The molecule has 0 atom stereocenters. The number of benzene rings is 1. The molecule has 0 bridgehead atoms. The first-order valence-electron chi connectivity index (χ1n) is 7.02. The maximum atomic E-state index is 13.2. The molecular weight excluding hydrogens is 259 g/mol. The van der Waals surface area contributed by atoms with Gasteiger partial charge in [0.1, 0.15) is 17.0 Å². The molecule has 20 heavy (non-hydrogen) atoms. The average Bonchev–Trinajstić information content (AvgIpc) is 3.05. The minimum atomic E-state index is -0.749. The highest BCUT2D eigenvalue weighted by atomic mass is 19.1. The summed E-state index contributed by atoms with van der Waals surface area (Å²) in [6.45, 7) is 2.39. The van der Waals surface area contributed by atoms with E-state index in [0.717, 1.165) is 25.7 Å². The van der Waals surface area contributed by atoms with Gasteiger partial charge in [-0.15, -0.1) is 0 Å². The van der Waals surface area contributed by atoms with Crippen LogP contribution in [0.4, 0.5) is 4.39 Å². The molecule has 3 rings (SSSR count). The number of carbonyl (C=O) groups is 1. The normalized spacial score (nSPS) is 17.7. The molecule has 0 unspecified atom stereocenters. The van der Waals surface area contributed by atoms with E-state index in [-0.39, 0.29) is 17.4 Å². The van der Waals surface area contributed by atoms with E-state index >= 15 is 0 Å². The quantitative estimate of drug-likeness (QED) is 0.789.